The Morgan fingerprint density at radius 2 is 1.96 bits per heavy atom. The van der Waals surface area contributed by atoms with Crippen molar-refractivity contribution < 1.29 is 14.3 Å². The van der Waals surface area contributed by atoms with Gasteiger partial charge in [0.05, 0.1) is 5.75 Å². The van der Waals surface area contributed by atoms with Crippen molar-refractivity contribution in [1.29, 1.82) is 0 Å². The number of thioether (sulfide) groups is 1. The molecule has 1 saturated heterocycles. The van der Waals surface area contributed by atoms with Crippen LogP contribution in [-0.2, 0) is 14.3 Å². The van der Waals surface area contributed by atoms with Crippen LogP contribution in [0.2, 0.25) is 0 Å². The van der Waals surface area contributed by atoms with E-state index < -0.39 is 0 Å². The predicted molar refractivity (Wildman–Crippen MR) is 100 cm³/mol. The molecule has 1 aliphatic rings. The van der Waals surface area contributed by atoms with Gasteiger partial charge in [-0.2, -0.15) is 0 Å². The first-order valence-electron chi connectivity index (χ1n) is 8.17. The van der Waals surface area contributed by atoms with Crippen molar-refractivity contribution >= 4 is 39.6 Å². The Kier molecular flexibility index (Phi) is 7.16. The fourth-order valence-electron chi connectivity index (χ4n) is 3.05. The number of halogens is 1. The topological polar surface area (TPSA) is 46.6 Å². The Morgan fingerprint density at radius 1 is 1.29 bits per heavy atom. The quantitative estimate of drug-likeness (QED) is 0.542. The van der Waals surface area contributed by atoms with Crippen molar-refractivity contribution in [3.05, 3.63) is 28.2 Å². The van der Waals surface area contributed by atoms with Gasteiger partial charge in [0.25, 0.3) is 5.91 Å². The fourth-order valence-corrected chi connectivity index (χ4v) is 4.34. The zero-order valence-corrected chi connectivity index (χ0v) is 16.8. The van der Waals surface area contributed by atoms with Gasteiger partial charge in [-0.05, 0) is 48.9 Å². The number of amides is 1. The van der Waals surface area contributed by atoms with Crippen molar-refractivity contribution in [2.24, 2.45) is 11.8 Å². The van der Waals surface area contributed by atoms with Crippen LogP contribution in [0, 0.1) is 18.8 Å². The number of aryl methyl sites for hydroxylation is 1. The summed E-state index contributed by atoms with van der Waals surface area (Å²) in [6.45, 7) is 7.66. The number of ether oxygens (including phenoxy) is 1. The molecule has 0 aromatic heterocycles. The van der Waals surface area contributed by atoms with Gasteiger partial charge in [-0.15, -0.1) is 11.8 Å². The van der Waals surface area contributed by atoms with Crippen LogP contribution in [0.3, 0.4) is 0 Å². The van der Waals surface area contributed by atoms with Crippen molar-refractivity contribution in [2.45, 2.75) is 32.1 Å². The van der Waals surface area contributed by atoms with Gasteiger partial charge in [-0.25, -0.2) is 0 Å². The SMILES string of the molecule is Cc1cc(Br)ccc1SCC(=O)OCC(=O)N1C[C@H](C)C[C@H](C)C1. The molecule has 0 saturated carbocycles. The van der Waals surface area contributed by atoms with E-state index in [1.165, 1.54) is 11.8 Å². The van der Waals surface area contributed by atoms with E-state index in [2.05, 4.69) is 29.8 Å². The highest BCUT2D eigenvalue weighted by atomic mass is 79.9. The van der Waals surface area contributed by atoms with Gasteiger partial charge >= 0.3 is 5.97 Å². The molecule has 1 heterocycles. The number of esters is 1. The first-order chi connectivity index (χ1) is 11.3. The Balaban J connectivity index is 1.75. The Hall–Kier alpha value is -1.01. The fraction of sp³-hybridized carbons (Fsp3) is 0.556. The molecule has 1 amide bonds. The minimum Gasteiger partial charge on any atom is -0.455 e. The van der Waals surface area contributed by atoms with Crippen LogP contribution in [0.15, 0.2) is 27.6 Å². The number of carbonyl (C=O) groups excluding carboxylic acids is 2. The maximum Gasteiger partial charge on any atom is 0.316 e. The van der Waals surface area contributed by atoms with Crippen LogP contribution in [0.1, 0.15) is 25.8 Å². The third-order valence-corrected chi connectivity index (χ3v) is 5.70. The molecule has 2 rings (SSSR count). The Labute approximate surface area is 156 Å². The van der Waals surface area contributed by atoms with Crippen molar-refractivity contribution in [3.63, 3.8) is 0 Å². The number of hydrogen-bond acceptors (Lipinski definition) is 4. The second-order valence-corrected chi connectivity index (χ2v) is 8.54. The van der Waals surface area contributed by atoms with E-state index >= 15 is 0 Å². The normalized spacial score (nSPS) is 20.8. The molecule has 1 aromatic rings. The molecule has 6 heteroatoms. The minimum atomic E-state index is -0.353. The molecular weight excluding hydrogens is 390 g/mol. The summed E-state index contributed by atoms with van der Waals surface area (Å²) in [7, 11) is 0. The highest BCUT2D eigenvalue weighted by Crippen LogP contribution is 2.25. The van der Waals surface area contributed by atoms with Crippen LogP contribution in [0.4, 0.5) is 0 Å². The number of benzene rings is 1. The number of nitrogens with zero attached hydrogens (tertiary/aromatic N) is 1. The monoisotopic (exact) mass is 413 g/mol. The summed E-state index contributed by atoms with van der Waals surface area (Å²) in [5, 5.41) is 0. The molecule has 24 heavy (non-hydrogen) atoms. The van der Waals surface area contributed by atoms with E-state index in [0.717, 1.165) is 34.4 Å². The van der Waals surface area contributed by atoms with E-state index in [0.29, 0.717) is 11.8 Å². The van der Waals surface area contributed by atoms with E-state index in [4.69, 9.17) is 4.74 Å². The standard InChI is InChI=1S/C18H24BrNO3S/c1-12-6-13(2)9-20(8-12)17(21)10-23-18(22)11-24-16-5-4-15(19)7-14(16)3/h4-5,7,12-13H,6,8-11H2,1-3H3/t12-,13+. The van der Waals surface area contributed by atoms with Crippen molar-refractivity contribution in [1.82, 2.24) is 4.90 Å². The van der Waals surface area contributed by atoms with Gasteiger partial charge in [0.2, 0.25) is 0 Å². The van der Waals surface area contributed by atoms with Gasteiger partial charge in [0, 0.05) is 22.5 Å². The molecular formula is C18H24BrNO3S. The third-order valence-electron chi connectivity index (χ3n) is 4.06. The molecule has 2 atom stereocenters. The highest BCUT2D eigenvalue weighted by Gasteiger charge is 2.25. The molecule has 4 nitrogen and oxygen atoms in total. The summed E-state index contributed by atoms with van der Waals surface area (Å²) in [5.41, 5.74) is 1.11. The minimum absolute atomic E-state index is 0.0911. The molecule has 1 fully saturated rings. The second-order valence-electron chi connectivity index (χ2n) is 6.60. The summed E-state index contributed by atoms with van der Waals surface area (Å²) >= 11 is 4.85. The first kappa shape index (κ1) is 19.3. The molecule has 0 spiro atoms. The molecule has 132 valence electrons. The van der Waals surface area contributed by atoms with Crippen LogP contribution in [0.5, 0.6) is 0 Å². The molecule has 1 aromatic carbocycles. The smallest absolute Gasteiger partial charge is 0.316 e. The third kappa shape index (κ3) is 5.81. The lowest BCUT2D eigenvalue weighted by molar-refractivity contribution is -0.151. The first-order valence-corrected chi connectivity index (χ1v) is 9.95. The largest absolute Gasteiger partial charge is 0.455 e. The molecule has 0 N–H and O–H groups in total. The number of hydrogen-bond donors (Lipinski definition) is 0. The van der Waals surface area contributed by atoms with Gasteiger partial charge in [-0.3, -0.25) is 9.59 Å². The van der Waals surface area contributed by atoms with Crippen LogP contribution in [0.25, 0.3) is 0 Å². The molecule has 0 radical (unpaired) electrons. The summed E-state index contributed by atoms with van der Waals surface area (Å²) < 4.78 is 6.17. The van der Waals surface area contributed by atoms with E-state index in [1.807, 2.05) is 30.0 Å². The molecule has 0 aliphatic carbocycles. The van der Waals surface area contributed by atoms with Gasteiger partial charge in [0.15, 0.2) is 6.61 Å². The van der Waals surface area contributed by atoms with Gasteiger partial charge in [-0.1, -0.05) is 29.8 Å². The number of carbonyl (C=O) groups is 2. The summed E-state index contributed by atoms with van der Waals surface area (Å²) in [6, 6.07) is 5.93. The number of likely N-dealkylation sites (tertiary alicyclic amines) is 1. The van der Waals surface area contributed by atoms with Gasteiger partial charge in [0.1, 0.15) is 0 Å². The van der Waals surface area contributed by atoms with E-state index in [1.54, 1.807) is 0 Å². The van der Waals surface area contributed by atoms with E-state index in [-0.39, 0.29) is 24.2 Å². The van der Waals surface area contributed by atoms with Crippen molar-refractivity contribution in [2.75, 3.05) is 25.4 Å². The maximum atomic E-state index is 12.2. The molecule has 1 aliphatic heterocycles. The maximum absolute atomic E-state index is 12.2. The van der Waals surface area contributed by atoms with E-state index in [9.17, 15) is 9.59 Å². The molecule has 0 bridgehead atoms. The van der Waals surface area contributed by atoms with Crippen LogP contribution >= 0.6 is 27.7 Å². The van der Waals surface area contributed by atoms with Crippen LogP contribution in [-0.4, -0.2) is 42.2 Å². The van der Waals surface area contributed by atoms with Crippen molar-refractivity contribution in [3.8, 4) is 0 Å². The van der Waals surface area contributed by atoms with Crippen LogP contribution < -0.4 is 0 Å². The lowest BCUT2D eigenvalue weighted by Crippen LogP contribution is -2.44. The molecule has 0 unspecified atom stereocenters. The zero-order valence-electron chi connectivity index (χ0n) is 14.4. The average molecular weight is 414 g/mol. The average Bonchev–Trinajstić information content (AvgIpc) is 2.50. The Bertz CT molecular complexity index is 598. The predicted octanol–water partition coefficient (Wildman–Crippen LogP) is 3.90. The number of piperidine rings is 1. The second kappa shape index (κ2) is 8.90. The highest BCUT2D eigenvalue weighted by molar-refractivity contribution is 9.10. The zero-order chi connectivity index (χ0) is 17.7. The summed E-state index contributed by atoms with van der Waals surface area (Å²) in [4.78, 5) is 26.9. The lowest BCUT2D eigenvalue weighted by Gasteiger charge is -2.34. The lowest BCUT2D eigenvalue weighted by atomic mass is 9.92. The van der Waals surface area contributed by atoms with Gasteiger partial charge < -0.3 is 9.64 Å². The summed E-state index contributed by atoms with van der Waals surface area (Å²) in [5.74, 6) is 0.775. The summed E-state index contributed by atoms with van der Waals surface area (Å²) in [6.07, 6.45) is 1.15. The number of rotatable bonds is 5. The Morgan fingerprint density at radius 3 is 2.58 bits per heavy atom.